The minimum atomic E-state index is -0.352. The number of aliphatic hydroxyl groups excluding tert-OH is 1. The lowest BCUT2D eigenvalue weighted by Gasteiger charge is -2.31. The van der Waals surface area contributed by atoms with Gasteiger partial charge in [-0.15, -0.1) is 0 Å². The second-order valence-electron chi connectivity index (χ2n) is 6.17. The molecular weight excluding hydrogens is 240 g/mol. The van der Waals surface area contributed by atoms with Crippen molar-refractivity contribution in [3.63, 3.8) is 0 Å². The van der Waals surface area contributed by atoms with Crippen LogP contribution < -0.4 is 5.32 Å². The highest BCUT2D eigenvalue weighted by molar-refractivity contribution is 4.74. The molecule has 112 valence electrons. The SMILES string of the molecule is CCN1CCC(CNCC(O)COCC2CC2)CC1. The number of hydrogen-bond donors (Lipinski definition) is 2. The second kappa shape index (κ2) is 8.20. The smallest absolute Gasteiger partial charge is 0.0897 e. The van der Waals surface area contributed by atoms with Gasteiger partial charge in [-0.1, -0.05) is 6.92 Å². The van der Waals surface area contributed by atoms with Crippen LogP contribution in [-0.2, 0) is 4.74 Å². The molecule has 2 rings (SSSR count). The summed E-state index contributed by atoms with van der Waals surface area (Å²) in [5.41, 5.74) is 0. The molecule has 1 saturated heterocycles. The Labute approximate surface area is 117 Å². The molecule has 0 bridgehead atoms. The van der Waals surface area contributed by atoms with Gasteiger partial charge in [-0.05, 0) is 63.7 Å². The Morgan fingerprint density at radius 2 is 1.95 bits per heavy atom. The van der Waals surface area contributed by atoms with Crippen LogP contribution in [0, 0.1) is 11.8 Å². The summed E-state index contributed by atoms with van der Waals surface area (Å²) in [5, 5.41) is 13.2. The number of likely N-dealkylation sites (tertiary alicyclic amines) is 1. The van der Waals surface area contributed by atoms with Gasteiger partial charge < -0.3 is 20.1 Å². The molecule has 1 unspecified atom stereocenters. The molecule has 1 aliphatic heterocycles. The summed E-state index contributed by atoms with van der Waals surface area (Å²) in [6, 6.07) is 0. The molecule has 1 heterocycles. The minimum absolute atomic E-state index is 0.352. The van der Waals surface area contributed by atoms with Crippen LogP contribution in [0.25, 0.3) is 0 Å². The third-order valence-electron chi connectivity index (χ3n) is 4.33. The predicted molar refractivity (Wildman–Crippen MR) is 77.3 cm³/mol. The van der Waals surface area contributed by atoms with Gasteiger partial charge in [0, 0.05) is 13.2 Å². The summed E-state index contributed by atoms with van der Waals surface area (Å²) >= 11 is 0. The molecule has 1 atom stereocenters. The summed E-state index contributed by atoms with van der Waals surface area (Å²) < 4.78 is 5.49. The first-order chi connectivity index (χ1) is 9.28. The topological polar surface area (TPSA) is 44.7 Å². The molecular formula is C15H30N2O2. The lowest BCUT2D eigenvalue weighted by atomic mass is 9.97. The first-order valence-electron chi connectivity index (χ1n) is 7.96. The molecule has 4 nitrogen and oxygen atoms in total. The van der Waals surface area contributed by atoms with Gasteiger partial charge in [0.05, 0.1) is 12.7 Å². The van der Waals surface area contributed by atoms with Gasteiger partial charge in [0.1, 0.15) is 0 Å². The zero-order valence-electron chi connectivity index (χ0n) is 12.3. The van der Waals surface area contributed by atoms with E-state index >= 15 is 0 Å². The fourth-order valence-electron chi connectivity index (χ4n) is 2.68. The number of rotatable bonds is 9. The van der Waals surface area contributed by atoms with Crippen LogP contribution in [0.5, 0.6) is 0 Å². The van der Waals surface area contributed by atoms with E-state index in [1.807, 2.05) is 0 Å². The summed E-state index contributed by atoms with van der Waals surface area (Å²) in [6.45, 7) is 8.90. The molecule has 1 saturated carbocycles. The molecule has 0 aromatic heterocycles. The fourth-order valence-corrected chi connectivity index (χ4v) is 2.68. The highest BCUT2D eigenvalue weighted by Gasteiger charge is 2.21. The van der Waals surface area contributed by atoms with Crippen molar-refractivity contribution in [2.24, 2.45) is 11.8 Å². The van der Waals surface area contributed by atoms with Crippen LogP contribution in [0.3, 0.4) is 0 Å². The van der Waals surface area contributed by atoms with E-state index in [1.165, 1.54) is 45.3 Å². The Balaban J connectivity index is 1.44. The zero-order valence-corrected chi connectivity index (χ0v) is 12.3. The summed E-state index contributed by atoms with van der Waals surface area (Å²) in [6.07, 6.45) is 4.84. The van der Waals surface area contributed by atoms with Gasteiger partial charge in [0.2, 0.25) is 0 Å². The maximum Gasteiger partial charge on any atom is 0.0897 e. The maximum atomic E-state index is 9.80. The standard InChI is InChI=1S/C15H30N2O2/c1-2-17-7-5-13(6-8-17)9-16-10-15(18)12-19-11-14-3-4-14/h13-16,18H,2-12H2,1H3. The normalized spacial score (nSPS) is 23.7. The van der Waals surface area contributed by atoms with Crippen LogP contribution in [0.1, 0.15) is 32.6 Å². The minimum Gasteiger partial charge on any atom is -0.389 e. The van der Waals surface area contributed by atoms with E-state index in [2.05, 4.69) is 17.1 Å². The van der Waals surface area contributed by atoms with Crippen molar-refractivity contribution in [3.8, 4) is 0 Å². The predicted octanol–water partition coefficient (Wildman–Crippen LogP) is 1.10. The van der Waals surface area contributed by atoms with Crippen LogP contribution in [0.2, 0.25) is 0 Å². The Hall–Kier alpha value is -0.160. The highest BCUT2D eigenvalue weighted by Crippen LogP contribution is 2.28. The van der Waals surface area contributed by atoms with Crippen molar-refractivity contribution in [3.05, 3.63) is 0 Å². The molecule has 0 aromatic rings. The van der Waals surface area contributed by atoms with E-state index in [1.54, 1.807) is 0 Å². The van der Waals surface area contributed by atoms with Gasteiger partial charge in [0.15, 0.2) is 0 Å². The van der Waals surface area contributed by atoms with Crippen molar-refractivity contribution in [1.82, 2.24) is 10.2 Å². The first kappa shape index (κ1) is 15.2. The van der Waals surface area contributed by atoms with Gasteiger partial charge in [-0.3, -0.25) is 0 Å². The average molecular weight is 270 g/mol. The number of nitrogens with one attached hydrogen (secondary N) is 1. The van der Waals surface area contributed by atoms with E-state index in [9.17, 15) is 5.11 Å². The van der Waals surface area contributed by atoms with Crippen molar-refractivity contribution in [2.75, 3.05) is 45.9 Å². The van der Waals surface area contributed by atoms with Gasteiger partial charge >= 0.3 is 0 Å². The number of aliphatic hydroxyl groups is 1. The van der Waals surface area contributed by atoms with Crippen molar-refractivity contribution >= 4 is 0 Å². The summed E-state index contributed by atoms with van der Waals surface area (Å²) in [7, 11) is 0. The summed E-state index contributed by atoms with van der Waals surface area (Å²) in [4.78, 5) is 2.51. The molecule has 2 fully saturated rings. The molecule has 1 aliphatic carbocycles. The Bertz CT molecular complexity index is 238. The number of hydrogen-bond acceptors (Lipinski definition) is 4. The van der Waals surface area contributed by atoms with E-state index in [-0.39, 0.29) is 6.10 Å². The van der Waals surface area contributed by atoms with Crippen LogP contribution in [0.15, 0.2) is 0 Å². The second-order valence-corrected chi connectivity index (χ2v) is 6.17. The lowest BCUT2D eigenvalue weighted by Crippen LogP contribution is -2.39. The van der Waals surface area contributed by atoms with E-state index in [4.69, 9.17) is 4.74 Å². The Morgan fingerprint density at radius 1 is 1.21 bits per heavy atom. The van der Waals surface area contributed by atoms with Gasteiger partial charge in [-0.25, -0.2) is 0 Å². The van der Waals surface area contributed by atoms with E-state index in [0.29, 0.717) is 13.2 Å². The van der Waals surface area contributed by atoms with Crippen molar-refractivity contribution in [2.45, 2.75) is 38.7 Å². The van der Waals surface area contributed by atoms with Crippen LogP contribution >= 0.6 is 0 Å². The molecule has 0 radical (unpaired) electrons. The number of piperidine rings is 1. The monoisotopic (exact) mass is 270 g/mol. The van der Waals surface area contributed by atoms with Crippen LogP contribution in [0.4, 0.5) is 0 Å². The molecule has 0 spiro atoms. The quantitative estimate of drug-likeness (QED) is 0.658. The Morgan fingerprint density at radius 3 is 2.58 bits per heavy atom. The fraction of sp³-hybridized carbons (Fsp3) is 1.00. The van der Waals surface area contributed by atoms with E-state index < -0.39 is 0 Å². The molecule has 19 heavy (non-hydrogen) atoms. The molecule has 0 aromatic carbocycles. The number of ether oxygens (including phenoxy) is 1. The number of nitrogens with zero attached hydrogens (tertiary/aromatic N) is 1. The average Bonchev–Trinajstić information content (AvgIpc) is 3.24. The van der Waals surface area contributed by atoms with Crippen molar-refractivity contribution in [1.29, 1.82) is 0 Å². The van der Waals surface area contributed by atoms with Crippen LogP contribution in [-0.4, -0.2) is 62.0 Å². The molecule has 2 aliphatic rings. The third-order valence-corrected chi connectivity index (χ3v) is 4.33. The molecule has 0 amide bonds. The largest absolute Gasteiger partial charge is 0.389 e. The maximum absolute atomic E-state index is 9.80. The first-order valence-corrected chi connectivity index (χ1v) is 7.96. The third kappa shape index (κ3) is 6.21. The Kier molecular flexibility index (Phi) is 6.57. The molecule has 2 N–H and O–H groups in total. The van der Waals surface area contributed by atoms with Gasteiger partial charge in [-0.2, -0.15) is 0 Å². The molecule has 4 heteroatoms. The summed E-state index contributed by atoms with van der Waals surface area (Å²) in [5.74, 6) is 1.56. The zero-order chi connectivity index (χ0) is 13.5. The van der Waals surface area contributed by atoms with E-state index in [0.717, 1.165) is 25.0 Å². The highest BCUT2D eigenvalue weighted by atomic mass is 16.5. The lowest BCUT2D eigenvalue weighted by molar-refractivity contribution is 0.0318. The van der Waals surface area contributed by atoms with Gasteiger partial charge in [0.25, 0.3) is 0 Å². The van der Waals surface area contributed by atoms with Crippen molar-refractivity contribution < 1.29 is 9.84 Å².